The molecule has 1 aliphatic carbocycles. The summed E-state index contributed by atoms with van der Waals surface area (Å²) >= 11 is 0. The number of carbonyl (C=O) groups excluding carboxylic acids is 1. The van der Waals surface area contributed by atoms with Gasteiger partial charge in [0.2, 0.25) is 5.91 Å². The third kappa shape index (κ3) is 4.52. The summed E-state index contributed by atoms with van der Waals surface area (Å²) in [5, 5.41) is 3.00. The molecule has 3 heteroatoms. The number of nitrogens with two attached hydrogens (primary N) is 1. The lowest BCUT2D eigenvalue weighted by Crippen LogP contribution is -2.41. The van der Waals surface area contributed by atoms with E-state index in [0.717, 1.165) is 25.7 Å². The van der Waals surface area contributed by atoms with Gasteiger partial charge in [0.05, 0.1) is 0 Å². The van der Waals surface area contributed by atoms with Gasteiger partial charge in [0.15, 0.2) is 0 Å². The quantitative estimate of drug-likeness (QED) is 0.665. The molecule has 1 fully saturated rings. The molecule has 1 saturated carbocycles. The van der Waals surface area contributed by atoms with Gasteiger partial charge in [-0.25, -0.2) is 0 Å². The summed E-state index contributed by atoms with van der Waals surface area (Å²) < 4.78 is 0. The van der Waals surface area contributed by atoms with E-state index in [4.69, 9.17) is 5.73 Å². The molecule has 0 saturated heterocycles. The van der Waals surface area contributed by atoms with Gasteiger partial charge in [0.1, 0.15) is 0 Å². The molecule has 0 aliphatic heterocycles. The van der Waals surface area contributed by atoms with Crippen LogP contribution in [0.3, 0.4) is 0 Å². The molecule has 0 aromatic rings. The predicted octanol–water partition coefficient (Wildman–Crippen LogP) is 2.06. The van der Waals surface area contributed by atoms with Crippen LogP contribution in [0.25, 0.3) is 0 Å². The van der Waals surface area contributed by atoms with Gasteiger partial charge in [-0.15, -0.1) is 0 Å². The second-order valence-electron chi connectivity index (χ2n) is 4.99. The maximum atomic E-state index is 11.9. The molecule has 0 aromatic heterocycles. The highest BCUT2D eigenvalue weighted by molar-refractivity contribution is 5.78. The molecule has 1 rings (SSSR count). The van der Waals surface area contributed by atoms with Crippen LogP contribution in [-0.2, 0) is 4.79 Å². The molecule has 0 aromatic carbocycles. The fourth-order valence-electron chi connectivity index (χ4n) is 2.02. The summed E-state index contributed by atoms with van der Waals surface area (Å²) in [7, 11) is 0. The minimum atomic E-state index is 0.174. The number of unbranched alkanes of at least 4 members (excludes halogenated alkanes) is 1. The van der Waals surface area contributed by atoms with E-state index in [2.05, 4.69) is 19.2 Å². The minimum absolute atomic E-state index is 0.174. The van der Waals surface area contributed by atoms with Crippen molar-refractivity contribution in [3.8, 4) is 0 Å². The largest absolute Gasteiger partial charge is 0.354 e. The smallest absolute Gasteiger partial charge is 0.223 e. The van der Waals surface area contributed by atoms with Crippen LogP contribution in [0.1, 0.15) is 52.4 Å². The molecule has 0 bridgehead atoms. The maximum Gasteiger partial charge on any atom is 0.223 e. The zero-order chi connectivity index (χ0) is 12.0. The summed E-state index contributed by atoms with van der Waals surface area (Å²) in [6.45, 7) is 4.90. The van der Waals surface area contributed by atoms with E-state index >= 15 is 0 Å². The van der Waals surface area contributed by atoms with Gasteiger partial charge in [-0.05, 0) is 31.6 Å². The Labute approximate surface area is 99.2 Å². The van der Waals surface area contributed by atoms with Crippen LogP contribution in [0, 0.1) is 11.8 Å². The summed E-state index contributed by atoms with van der Waals surface area (Å²) in [5.74, 6) is 1.05. The van der Waals surface area contributed by atoms with Crippen LogP contribution in [0.15, 0.2) is 0 Å². The lowest BCUT2D eigenvalue weighted by Gasteiger charge is -2.17. The van der Waals surface area contributed by atoms with E-state index in [-0.39, 0.29) is 17.9 Å². The molecule has 94 valence electrons. The normalized spacial score (nSPS) is 19.2. The Kier molecular flexibility index (Phi) is 5.81. The maximum absolute atomic E-state index is 11.9. The van der Waals surface area contributed by atoms with E-state index in [9.17, 15) is 4.79 Å². The molecule has 0 spiro atoms. The molecule has 16 heavy (non-hydrogen) atoms. The van der Waals surface area contributed by atoms with E-state index in [0.29, 0.717) is 12.5 Å². The first kappa shape index (κ1) is 13.5. The molecule has 3 N–H and O–H groups in total. The van der Waals surface area contributed by atoms with Gasteiger partial charge in [-0.2, -0.15) is 0 Å². The second-order valence-corrected chi connectivity index (χ2v) is 4.99. The average Bonchev–Trinajstić information content (AvgIpc) is 3.10. The standard InChI is InChI=1S/C13H26N2O/c1-3-5-6-10(4-2)13(16)15-9-12(14)11-7-8-11/h10-12H,3-9,14H2,1-2H3,(H,15,16). The van der Waals surface area contributed by atoms with E-state index in [1.165, 1.54) is 12.8 Å². The molecule has 2 atom stereocenters. The van der Waals surface area contributed by atoms with Crippen molar-refractivity contribution < 1.29 is 4.79 Å². The summed E-state index contributed by atoms with van der Waals surface area (Å²) in [6, 6.07) is 0.174. The third-order valence-corrected chi connectivity index (χ3v) is 3.51. The van der Waals surface area contributed by atoms with Crippen molar-refractivity contribution in [2.75, 3.05) is 6.54 Å². The van der Waals surface area contributed by atoms with Gasteiger partial charge in [0, 0.05) is 18.5 Å². The highest BCUT2D eigenvalue weighted by atomic mass is 16.1. The van der Waals surface area contributed by atoms with Crippen molar-refractivity contribution in [3.05, 3.63) is 0 Å². The highest BCUT2D eigenvalue weighted by Crippen LogP contribution is 2.31. The fraction of sp³-hybridized carbons (Fsp3) is 0.923. The molecular weight excluding hydrogens is 200 g/mol. The number of nitrogens with one attached hydrogen (secondary N) is 1. The van der Waals surface area contributed by atoms with Crippen LogP contribution in [0.5, 0.6) is 0 Å². The first-order chi connectivity index (χ1) is 7.69. The molecule has 0 radical (unpaired) electrons. The predicted molar refractivity (Wildman–Crippen MR) is 67.0 cm³/mol. The van der Waals surface area contributed by atoms with Crippen LogP contribution in [-0.4, -0.2) is 18.5 Å². The number of hydrogen-bond donors (Lipinski definition) is 2. The van der Waals surface area contributed by atoms with E-state index in [1.807, 2.05) is 0 Å². The third-order valence-electron chi connectivity index (χ3n) is 3.51. The molecule has 0 heterocycles. The minimum Gasteiger partial charge on any atom is -0.354 e. The monoisotopic (exact) mass is 226 g/mol. The van der Waals surface area contributed by atoms with Crippen LogP contribution < -0.4 is 11.1 Å². The Balaban J connectivity index is 2.19. The molecule has 2 unspecified atom stereocenters. The van der Waals surface area contributed by atoms with Crippen molar-refractivity contribution in [3.63, 3.8) is 0 Å². The van der Waals surface area contributed by atoms with Crippen molar-refractivity contribution in [1.29, 1.82) is 0 Å². The van der Waals surface area contributed by atoms with Crippen molar-refractivity contribution >= 4 is 5.91 Å². The van der Waals surface area contributed by atoms with Crippen LogP contribution >= 0.6 is 0 Å². The highest BCUT2D eigenvalue weighted by Gasteiger charge is 2.28. The van der Waals surface area contributed by atoms with Crippen molar-refractivity contribution in [1.82, 2.24) is 5.32 Å². The second kappa shape index (κ2) is 6.89. The topological polar surface area (TPSA) is 55.1 Å². The van der Waals surface area contributed by atoms with Crippen LogP contribution in [0.4, 0.5) is 0 Å². The van der Waals surface area contributed by atoms with Crippen LogP contribution in [0.2, 0.25) is 0 Å². The number of carbonyl (C=O) groups is 1. The van der Waals surface area contributed by atoms with E-state index < -0.39 is 0 Å². The average molecular weight is 226 g/mol. The first-order valence-corrected chi connectivity index (χ1v) is 6.72. The van der Waals surface area contributed by atoms with E-state index in [1.54, 1.807) is 0 Å². The van der Waals surface area contributed by atoms with Crippen molar-refractivity contribution in [2.45, 2.75) is 58.4 Å². The van der Waals surface area contributed by atoms with Gasteiger partial charge in [0.25, 0.3) is 0 Å². The summed E-state index contributed by atoms with van der Waals surface area (Å²) in [5.41, 5.74) is 5.95. The van der Waals surface area contributed by atoms with Gasteiger partial charge >= 0.3 is 0 Å². The number of rotatable bonds is 8. The summed E-state index contributed by atoms with van der Waals surface area (Å²) in [4.78, 5) is 11.9. The molecule has 3 nitrogen and oxygen atoms in total. The Morgan fingerprint density at radius 1 is 1.44 bits per heavy atom. The Hall–Kier alpha value is -0.570. The lowest BCUT2D eigenvalue weighted by atomic mass is 9.98. The molecule has 1 aliphatic rings. The summed E-state index contributed by atoms with van der Waals surface area (Å²) in [6.07, 6.45) is 6.72. The zero-order valence-corrected chi connectivity index (χ0v) is 10.7. The SMILES string of the molecule is CCCCC(CC)C(=O)NCC(N)C1CC1. The number of amides is 1. The van der Waals surface area contributed by atoms with Gasteiger partial charge < -0.3 is 11.1 Å². The van der Waals surface area contributed by atoms with Gasteiger partial charge in [-0.3, -0.25) is 4.79 Å². The number of hydrogen-bond acceptors (Lipinski definition) is 2. The Morgan fingerprint density at radius 2 is 2.12 bits per heavy atom. The lowest BCUT2D eigenvalue weighted by molar-refractivity contribution is -0.125. The first-order valence-electron chi connectivity index (χ1n) is 6.72. The molecular formula is C13H26N2O. The molecule has 1 amide bonds. The zero-order valence-electron chi connectivity index (χ0n) is 10.7. The fourth-order valence-corrected chi connectivity index (χ4v) is 2.02. The Morgan fingerprint density at radius 3 is 2.62 bits per heavy atom. The Bertz CT molecular complexity index is 214. The van der Waals surface area contributed by atoms with Gasteiger partial charge in [-0.1, -0.05) is 26.7 Å². The van der Waals surface area contributed by atoms with Crippen molar-refractivity contribution in [2.24, 2.45) is 17.6 Å².